The van der Waals surface area contributed by atoms with Crippen LogP contribution in [0.2, 0.25) is 0 Å². The van der Waals surface area contributed by atoms with Crippen LogP contribution in [0, 0.1) is 0 Å². The normalized spacial score (nSPS) is 10.9. The lowest BCUT2D eigenvalue weighted by Crippen LogP contribution is -2.12. The van der Waals surface area contributed by atoms with Crippen molar-refractivity contribution in [1.29, 1.82) is 0 Å². The molecule has 0 bridgehead atoms. The molecule has 0 N–H and O–H groups in total. The number of rotatable bonds is 2. The molecule has 0 atom stereocenters. The highest BCUT2D eigenvalue weighted by Crippen LogP contribution is 2.33. The van der Waals surface area contributed by atoms with Crippen molar-refractivity contribution in [3.63, 3.8) is 0 Å². The van der Waals surface area contributed by atoms with Crippen molar-refractivity contribution in [2.45, 2.75) is 59.8 Å². The van der Waals surface area contributed by atoms with Gasteiger partial charge in [-0.3, -0.25) is 0 Å². The first-order valence-electron chi connectivity index (χ1n) is 7.62. The van der Waals surface area contributed by atoms with Crippen LogP contribution in [0.15, 0.2) is 40.8 Å². The van der Waals surface area contributed by atoms with Crippen LogP contribution in [-0.2, 0) is 11.8 Å². The van der Waals surface area contributed by atoms with Gasteiger partial charge in [-0.05, 0) is 23.1 Å². The van der Waals surface area contributed by atoms with E-state index in [9.17, 15) is 0 Å². The van der Waals surface area contributed by atoms with Gasteiger partial charge in [-0.15, -0.1) is 0 Å². The highest BCUT2D eigenvalue weighted by molar-refractivity contribution is 5.64. The zero-order chi connectivity index (χ0) is 15.2. The van der Waals surface area contributed by atoms with Gasteiger partial charge >= 0.3 is 0 Å². The summed E-state index contributed by atoms with van der Waals surface area (Å²) in [6.07, 6.45) is 2.19. The Morgan fingerprint density at radius 3 is 2.00 bits per heavy atom. The first-order chi connectivity index (χ1) is 9.43. The summed E-state index contributed by atoms with van der Waals surface area (Å²) in [5.41, 5.74) is 2.67. The van der Waals surface area contributed by atoms with Crippen LogP contribution in [0.1, 0.15) is 59.3 Å². The van der Waals surface area contributed by atoms with Gasteiger partial charge in [-0.1, -0.05) is 72.2 Å². The molecule has 0 radical (unpaired) electrons. The maximum atomic E-state index is 5.85. The average molecular weight is 272 g/mol. The SMILES string of the molecule is CCC.CCc1ccc(-c2ccccc2C(C)(C)C)o1. The average Bonchev–Trinajstić information content (AvgIpc) is 2.87. The molecular formula is C19H28O. The summed E-state index contributed by atoms with van der Waals surface area (Å²) in [5.74, 6) is 2.02. The fourth-order valence-electron chi connectivity index (χ4n) is 2.06. The van der Waals surface area contributed by atoms with Crippen LogP contribution in [0.25, 0.3) is 11.3 Å². The van der Waals surface area contributed by atoms with Gasteiger partial charge < -0.3 is 4.42 Å². The van der Waals surface area contributed by atoms with Gasteiger partial charge in [0.25, 0.3) is 0 Å². The number of aryl methyl sites for hydroxylation is 1. The van der Waals surface area contributed by atoms with Crippen molar-refractivity contribution in [3.8, 4) is 11.3 Å². The van der Waals surface area contributed by atoms with Crippen molar-refractivity contribution in [2.75, 3.05) is 0 Å². The molecule has 110 valence electrons. The lowest BCUT2D eigenvalue weighted by atomic mass is 9.83. The molecule has 1 heterocycles. The third-order valence-electron chi connectivity index (χ3n) is 3.01. The molecule has 0 spiro atoms. The highest BCUT2D eigenvalue weighted by atomic mass is 16.3. The molecule has 1 nitrogen and oxygen atoms in total. The van der Waals surface area contributed by atoms with Gasteiger partial charge in [0, 0.05) is 12.0 Å². The third-order valence-corrected chi connectivity index (χ3v) is 3.01. The molecule has 1 aromatic heterocycles. The van der Waals surface area contributed by atoms with Gasteiger partial charge in [0.2, 0.25) is 0 Å². The summed E-state index contributed by atoms with van der Waals surface area (Å²) in [5, 5.41) is 0. The molecule has 0 saturated heterocycles. The zero-order valence-electron chi connectivity index (χ0n) is 13.8. The monoisotopic (exact) mass is 272 g/mol. The molecule has 2 rings (SSSR count). The van der Waals surface area contributed by atoms with Crippen molar-refractivity contribution < 1.29 is 4.42 Å². The van der Waals surface area contributed by atoms with E-state index in [1.165, 1.54) is 17.5 Å². The first-order valence-corrected chi connectivity index (χ1v) is 7.62. The number of benzene rings is 1. The Morgan fingerprint density at radius 2 is 1.50 bits per heavy atom. The molecule has 0 aliphatic carbocycles. The second-order valence-corrected chi connectivity index (χ2v) is 6.12. The van der Waals surface area contributed by atoms with Crippen LogP contribution in [0.3, 0.4) is 0 Å². The van der Waals surface area contributed by atoms with Crippen LogP contribution >= 0.6 is 0 Å². The quantitative estimate of drug-likeness (QED) is 0.632. The number of hydrogen-bond acceptors (Lipinski definition) is 1. The Kier molecular flexibility index (Phi) is 6.06. The summed E-state index contributed by atoms with van der Waals surface area (Å²) in [6.45, 7) is 13.1. The van der Waals surface area contributed by atoms with E-state index in [4.69, 9.17) is 4.42 Å². The molecule has 1 aromatic carbocycles. The maximum absolute atomic E-state index is 5.85. The lowest BCUT2D eigenvalue weighted by molar-refractivity contribution is 0.524. The Bertz CT molecular complexity index is 515. The van der Waals surface area contributed by atoms with Crippen molar-refractivity contribution in [2.24, 2.45) is 0 Å². The molecule has 0 aliphatic heterocycles. The van der Waals surface area contributed by atoms with Crippen LogP contribution in [-0.4, -0.2) is 0 Å². The largest absolute Gasteiger partial charge is 0.461 e. The van der Waals surface area contributed by atoms with Gasteiger partial charge in [0.05, 0.1) is 0 Å². The Balaban J connectivity index is 0.000000612. The van der Waals surface area contributed by atoms with Crippen molar-refractivity contribution >= 4 is 0 Å². The fraction of sp³-hybridized carbons (Fsp3) is 0.474. The second-order valence-electron chi connectivity index (χ2n) is 6.12. The van der Waals surface area contributed by atoms with Crippen LogP contribution in [0.4, 0.5) is 0 Å². The first kappa shape index (κ1) is 16.6. The van der Waals surface area contributed by atoms with Crippen LogP contribution in [0.5, 0.6) is 0 Å². The van der Waals surface area contributed by atoms with Crippen molar-refractivity contribution in [3.05, 3.63) is 47.7 Å². The minimum Gasteiger partial charge on any atom is -0.461 e. The molecule has 0 amide bonds. The van der Waals surface area contributed by atoms with E-state index in [2.05, 4.69) is 77.9 Å². The molecule has 2 aromatic rings. The van der Waals surface area contributed by atoms with Crippen molar-refractivity contribution in [1.82, 2.24) is 0 Å². The fourth-order valence-corrected chi connectivity index (χ4v) is 2.06. The van der Waals surface area contributed by atoms with E-state index in [-0.39, 0.29) is 5.41 Å². The predicted octanol–water partition coefficient (Wildman–Crippen LogP) is 6.22. The van der Waals surface area contributed by atoms with Gasteiger partial charge in [0.1, 0.15) is 11.5 Å². The van der Waals surface area contributed by atoms with Gasteiger partial charge in [-0.25, -0.2) is 0 Å². The van der Waals surface area contributed by atoms with E-state index in [0.29, 0.717) is 0 Å². The summed E-state index contributed by atoms with van der Waals surface area (Å²) in [7, 11) is 0. The summed E-state index contributed by atoms with van der Waals surface area (Å²) in [6, 6.07) is 12.6. The van der Waals surface area contributed by atoms with Gasteiger partial charge in [-0.2, -0.15) is 0 Å². The molecule has 0 unspecified atom stereocenters. The molecule has 0 aliphatic rings. The predicted molar refractivity (Wildman–Crippen MR) is 88.2 cm³/mol. The summed E-state index contributed by atoms with van der Waals surface area (Å²) < 4.78 is 5.85. The number of hydrogen-bond donors (Lipinski definition) is 0. The topological polar surface area (TPSA) is 13.1 Å². The van der Waals surface area contributed by atoms with E-state index in [1.807, 2.05) is 0 Å². The molecular weight excluding hydrogens is 244 g/mol. The Labute approximate surface area is 124 Å². The molecule has 0 fully saturated rings. The van der Waals surface area contributed by atoms with E-state index < -0.39 is 0 Å². The van der Waals surface area contributed by atoms with Gasteiger partial charge in [0.15, 0.2) is 0 Å². The van der Waals surface area contributed by atoms with E-state index >= 15 is 0 Å². The Hall–Kier alpha value is -1.50. The standard InChI is InChI=1S/C16H20O.C3H8/c1-5-12-10-11-15(17-12)13-8-6-7-9-14(13)16(2,3)4;1-3-2/h6-11H,5H2,1-4H3;3H2,1-2H3. The molecule has 1 heteroatoms. The second kappa shape index (κ2) is 7.33. The maximum Gasteiger partial charge on any atom is 0.134 e. The third kappa shape index (κ3) is 4.26. The number of furan rings is 1. The highest BCUT2D eigenvalue weighted by Gasteiger charge is 2.19. The van der Waals surface area contributed by atoms with Crippen LogP contribution < -0.4 is 0 Å². The van der Waals surface area contributed by atoms with E-state index in [0.717, 1.165) is 17.9 Å². The minimum absolute atomic E-state index is 0.135. The Morgan fingerprint density at radius 1 is 0.900 bits per heavy atom. The molecule has 0 saturated carbocycles. The smallest absolute Gasteiger partial charge is 0.134 e. The zero-order valence-corrected chi connectivity index (χ0v) is 13.8. The molecule has 20 heavy (non-hydrogen) atoms. The minimum atomic E-state index is 0.135. The lowest BCUT2D eigenvalue weighted by Gasteiger charge is -2.21. The van der Waals surface area contributed by atoms with E-state index in [1.54, 1.807) is 0 Å². The summed E-state index contributed by atoms with van der Waals surface area (Å²) in [4.78, 5) is 0. The summed E-state index contributed by atoms with van der Waals surface area (Å²) >= 11 is 0.